The number of rotatable bonds is 3. The monoisotopic (exact) mass is 283 g/mol. The summed E-state index contributed by atoms with van der Waals surface area (Å²) in [6.45, 7) is 0. The first-order valence-corrected chi connectivity index (χ1v) is 6.20. The second kappa shape index (κ2) is 4.88. The quantitative estimate of drug-likeness (QED) is 0.939. The summed E-state index contributed by atoms with van der Waals surface area (Å²) in [4.78, 5) is 5.15. The van der Waals surface area contributed by atoms with Crippen LogP contribution in [0, 0.1) is 0 Å². The average Bonchev–Trinajstić information content (AvgIpc) is 2.66. The van der Waals surface area contributed by atoms with Gasteiger partial charge in [-0.1, -0.05) is 6.07 Å². The summed E-state index contributed by atoms with van der Waals surface area (Å²) in [5, 5.41) is 9.94. The summed E-state index contributed by atoms with van der Waals surface area (Å²) >= 11 is 4.93. The van der Waals surface area contributed by atoms with Gasteiger partial charge in [-0.2, -0.15) is 0 Å². The van der Waals surface area contributed by atoms with E-state index in [1.807, 2.05) is 30.3 Å². The summed E-state index contributed by atoms with van der Waals surface area (Å²) in [5.41, 5.74) is 0.912. The Morgan fingerprint density at radius 1 is 1.33 bits per heavy atom. The Balaban J connectivity index is 2.07. The molecule has 2 rings (SSSR count). The van der Waals surface area contributed by atoms with Crippen molar-refractivity contribution in [3.63, 3.8) is 0 Å². The second-order valence-electron chi connectivity index (χ2n) is 3.18. The standard InChI is InChI=1S/C11H10BrNOS/c12-11-5-4-10(15-11)9(14)7-8-3-1-2-6-13-8/h1-6,9,14H,7H2. The molecule has 4 heteroatoms. The van der Waals surface area contributed by atoms with E-state index in [-0.39, 0.29) is 0 Å². The number of aromatic nitrogens is 1. The highest BCUT2D eigenvalue weighted by molar-refractivity contribution is 9.11. The molecule has 0 bridgehead atoms. The molecule has 0 aliphatic carbocycles. The van der Waals surface area contributed by atoms with Crippen molar-refractivity contribution in [1.82, 2.24) is 4.98 Å². The van der Waals surface area contributed by atoms with Gasteiger partial charge < -0.3 is 5.11 Å². The first-order chi connectivity index (χ1) is 7.25. The third kappa shape index (κ3) is 2.87. The van der Waals surface area contributed by atoms with Crippen molar-refractivity contribution in [2.45, 2.75) is 12.5 Å². The molecule has 2 nitrogen and oxygen atoms in total. The number of pyridine rings is 1. The van der Waals surface area contributed by atoms with E-state index in [1.165, 1.54) is 0 Å². The largest absolute Gasteiger partial charge is 0.387 e. The van der Waals surface area contributed by atoms with Crippen LogP contribution in [0.1, 0.15) is 16.7 Å². The SMILES string of the molecule is OC(Cc1ccccn1)c1ccc(Br)s1. The summed E-state index contributed by atoms with van der Waals surface area (Å²) < 4.78 is 1.04. The van der Waals surface area contributed by atoms with Gasteiger partial charge in [0, 0.05) is 23.2 Å². The van der Waals surface area contributed by atoms with Crippen LogP contribution in [0.15, 0.2) is 40.3 Å². The van der Waals surface area contributed by atoms with Crippen LogP contribution in [0.25, 0.3) is 0 Å². The van der Waals surface area contributed by atoms with Crippen molar-refractivity contribution in [2.75, 3.05) is 0 Å². The Hall–Kier alpha value is -0.710. The maximum atomic E-state index is 9.94. The predicted octanol–water partition coefficient (Wildman–Crippen LogP) is 3.18. The van der Waals surface area contributed by atoms with Crippen molar-refractivity contribution < 1.29 is 5.11 Å². The summed E-state index contributed by atoms with van der Waals surface area (Å²) in [6, 6.07) is 9.60. The smallest absolute Gasteiger partial charge is 0.0937 e. The van der Waals surface area contributed by atoms with E-state index >= 15 is 0 Å². The van der Waals surface area contributed by atoms with Crippen molar-refractivity contribution >= 4 is 27.3 Å². The maximum Gasteiger partial charge on any atom is 0.0937 e. The molecule has 78 valence electrons. The zero-order valence-electron chi connectivity index (χ0n) is 7.93. The van der Waals surface area contributed by atoms with Gasteiger partial charge in [-0.25, -0.2) is 0 Å². The van der Waals surface area contributed by atoms with Crippen molar-refractivity contribution in [3.05, 3.63) is 50.9 Å². The Morgan fingerprint density at radius 2 is 2.20 bits per heavy atom. The highest BCUT2D eigenvalue weighted by atomic mass is 79.9. The van der Waals surface area contributed by atoms with Gasteiger partial charge in [0.1, 0.15) is 0 Å². The fourth-order valence-electron chi connectivity index (χ4n) is 1.32. The fourth-order valence-corrected chi connectivity index (χ4v) is 2.73. The molecule has 0 fully saturated rings. The van der Waals surface area contributed by atoms with Crippen LogP contribution in [-0.2, 0) is 6.42 Å². The molecule has 1 N–H and O–H groups in total. The Kier molecular flexibility index (Phi) is 3.51. The molecule has 0 spiro atoms. The fraction of sp³-hybridized carbons (Fsp3) is 0.182. The van der Waals surface area contributed by atoms with Gasteiger partial charge in [-0.3, -0.25) is 4.98 Å². The molecule has 1 unspecified atom stereocenters. The molecule has 0 saturated carbocycles. The number of aliphatic hydroxyl groups is 1. The third-order valence-electron chi connectivity index (χ3n) is 2.05. The molecule has 0 saturated heterocycles. The highest BCUT2D eigenvalue weighted by Gasteiger charge is 2.11. The lowest BCUT2D eigenvalue weighted by Crippen LogP contribution is -2.00. The topological polar surface area (TPSA) is 33.1 Å². The Bertz CT molecular complexity index is 429. The zero-order chi connectivity index (χ0) is 10.7. The van der Waals surface area contributed by atoms with Crippen LogP contribution >= 0.6 is 27.3 Å². The molecule has 2 aromatic rings. The van der Waals surface area contributed by atoms with Crippen LogP contribution in [-0.4, -0.2) is 10.1 Å². The third-order valence-corrected chi connectivity index (χ3v) is 3.78. The van der Waals surface area contributed by atoms with Gasteiger partial charge >= 0.3 is 0 Å². The molecule has 0 aromatic carbocycles. The van der Waals surface area contributed by atoms with Gasteiger partial charge in [-0.15, -0.1) is 11.3 Å². The highest BCUT2D eigenvalue weighted by Crippen LogP contribution is 2.28. The summed E-state index contributed by atoms with van der Waals surface area (Å²) in [6.07, 6.45) is 1.84. The number of hydrogen-bond donors (Lipinski definition) is 1. The molecule has 15 heavy (non-hydrogen) atoms. The van der Waals surface area contributed by atoms with Crippen LogP contribution < -0.4 is 0 Å². The van der Waals surface area contributed by atoms with E-state index in [0.717, 1.165) is 14.4 Å². The van der Waals surface area contributed by atoms with Gasteiger partial charge in [0.2, 0.25) is 0 Å². The van der Waals surface area contributed by atoms with Crippen molar-refractivity contribution in [2.24, 2.45) is 0 Å². The van der Waals surface area contributed by atoms with E-state index in [2.05, 4.69) is 20.9 Å². The van der Waals surface area contributed by atoms with E-state index in [0.29, 0.717) is 6.42 Å². The maximum absolute atomic E-state index is 9.94. The lowest BCUT2D eigenvalue weighted by molar-refractivity contribution is 0.181. The van der Waals surface area contributed by atoms with Crippen LogP contribution in [0.3, 0.4) is 0 Å². The Morgan fingerprint density at radius 3 is 2.80 bits per heavy atom. The molecule has 0 aliphatic heterocycles. The number of hydrogen-bond acceptors (Lipinski definition) is 3. The Labute approximate surface area is 101 Å². The first-order valence-electron chi connectivity index (χ1n) is 4.59. The zero-order valence-corrected chi connectivity index (χ0v) is 10.3. The van der Waals surface area contributed by atoms with E-state index < -0.39 is 6.10 Å². The molecule has 0 amide bonds. The van der Waals surface area contributed by atoms with Crippen LogP contribution in [0.5, 0.6) is 0 Å². The van der Waals surface area contributed by atoms with E-state index in [1.54, 1.807) is 17.5 Å². The molecule has 2 aromatic heterocycles. The van der Waals surface area contributed by atoms with Gasteiger partial charge in [0.25, 0.3) is 0 Å². The van der Waals surface area contributed by atoms with E-state index in [4.69, 9.17) is 0 Å². The molecule has 0 radical (unpaired) electrons. The normalized spacial score (nSPS) is 12.7. The lowest BCUT2D eigenvalue weighted by atomic mass is 10.1. The minimum Gasteiger partial charge on any atom is -0.387 e. The first kappa shape index (κ1) is 10.8. The summed E-state index contributed by atoms with van der Waals surface area (Å²) in [7, 11) is 0. The number of thiophene rings is 1. The average molecular weight is 284 g/mol. The van der Waals surface area contributed by atoms with E-state index in [9.17, 15) is 5.11 Å². The van der Waals surface area contributed by atoms with Crippen molar-refractivity contribution in [1.29, 1.82) is 0 Å². The molecule has 0 aliphatic rings. The van der Waals surface area contributed by atoms with Crippen molar-refractivity contribution in [3.8, 4) is 0 Å². The molecule has 2 heterocycles. The van der Waals surface area contributed by atoms with Gasteiger partial charge in [-0.05, 0) is 40.2 Å². The molecular weight excluding hydrogens is 274 g/mol. The predicted molar refractivity (Wildman–Crippen MR) is 64.9 cm³/mol. The molecule has 1 atom stereocenters. The number of aliphatic hydroxyl groups excluding tert-OH is 1. The minimum atomic E-state index is -0.462. The number of nitrogens with zero attached hydrogens (tertiary/aromatic N) is 1. The molecular formula is C11H10BrNOS. The van der Waals surface area contributed by atoms with Gasteiger partial charge in [0.15, 0.2) is 0 Å². The number of halogens is 1. The van der Waals surface area contributed by atoms with Crippen LogP contribution in [0.4, 0.5) is 0 Å². The van der Waals surface area contributed by atoms with Crippen LogP contribution in [0.2, 0.25) is 0 Å². The second-order valence-corrected chi connectivity index (χ2v) is 5.68. The van der Waals surface area contributed by atoms with Gasteiger partial charge in [0.05, 0.1) is 9.89 Å². The minimum absolute atomic E-state index is 0.462. The lowest BCUT2D eigenvalue weighted by Gasteiger charge is -2.06. The summed E-state index contributed by atoms with van der Waals surface area (Å²) in [5.74, 6) is 0.